The van der Waals surface area contributed by atoms with Gasteiger partial charge in [-0.15, -0.1) is 5.10 Å². The molecule has 0 aliphatic carbocycles. The van der Waals surface area contributed by atoms with Crippen molar-refractivity contribution in [2.45, 2.75) is 6.92 Å². The number of benzene rings is 2. The summed E-state index contributed by atoms with van der Waals surface area (Å²) >= 11 is 7.06. The first-order chi connectivity index (χ1) is 10.1. The molecule has 1 aromatic heterocycles. The van der Waals surface area contributed by atoms with Gasteiger partial charge >= 0.3 is 0 Å². The Morgan fingerprint density at radius 3 is 2.43 bits per heavy atom. The average molecular weight is 409 g/mol. The van der Waals surface area contributed by atoms with Crippen molar-refractivity contribution in [3.63, 3.8) is 0 Å². The third kappa shape index (κ3) is 2.47. The molecule has 0 radical (unpaired) electrons. The second-order valence-electron chi connectivity index (χ2n) is 4.52. The first kappa shape index (κ1) is 14.2. The second kappa shape index (κ2) is 5.57. The molecule has 0 spiro atoms. The van der Waals surface area contributed by atoms with Crippen molar-refractivity contribution in [3.8, 4) is 17.1 Å². The monoisotopic (exact) mass is 407 g/mol. The molecule has 0 bridgehead atoms. The van der Waals surface area contributed by atoms with Gasteiger partial charge in [0.05, 0.1) is 5.69 Å². The highest BCUT2D eigenvalue weighted by atomic mass is 79.9. The predicted octanol–water partition coefficient (Wildman–Crippen LogP) is 3.74. The maximum Gasteiger partial charge on any atom is 0.189 e. The highest BCUT2D eigenvalue weighted by Crippen LogP contribution is 2.33. The lowest BCUT2D eigenvalue weighted by atomic mass is 10.1. The molecule has 0 fully saturated rings. The number of rotatable bonds is 2. The number of anilines is 1. The number of hydrogen-bond donors (Lipinski definition) is 1. The van der Waals surface area contributed by atoms with E-state index in [0.717, 1.165) is 25.8 Å². The van der Waals surface area contributed by atoms with Gasteiger partial charge in [-0.1, -0.05) is 18.2 Å². The van der Waals surface area contributed by atoms with E-state index in [1.54, 1.807) is 4.68 Å². The van der Waals surface area contributed by atoms with Crippen LogP contribution in [0.2, 0.25) is 0 Å². The fourth-order valence-electron chi connectivity index (χ4n) is 2.07. The van der Waals surface area contributed by atoms with Gasteiger partial charge in [-0.05, 0) is 73.0 Å². The smallest absolute Gasteiger partial charge is 0.189 e. The molecule has 106 valence electrons. The molecule has 7 heteroatoms. The number of halogens is 2. The lowest BCUT2D eigenvalue weighted by Gasteiger charge is -2.11. The maximum atomic E-state index is 6.16. The summed E-state index contributed by atoms with van der Waals surface area (Å²) in [4.78, 5) is 0. The molecule has 21 heavy (non-hydrogen) atoms. The summed E-state index contributed by atoms with van der Waals surface area (Å²) in [7, 11) is 0. The van der Waals surface area contributed by atoms with E-state index in [-0.39, 0.29) is 0 Å². The van der Waals surface area contributed by atoms with Crippen LogP contribution in [0.15, 0.2) is 45.3 Å². The van der Waals surface area contributed by atoms with Crippen LogP contribution in [0.3, 0.4) is 0 Å². The predicted molar refractivity (Wildman–Crippen MR) is 89.1 cm³/mol. The number of aromatic nitrogens is 4. The second-order valence-corrected chi connectivity index (χ2v) is 6.23. The molecule has 0 aliphatic heterocycles. The zero-order valence-corrected chi connectivity index (χ0v) is 14.3. The van der Waals surface area contributed by atoms with E-state index in [1.165, 1.54) is 0 Å². The Hall–Kier alpha value is -1.73. The van der Waals surface area contributed by atoms with Gasteiger partial charge in [0.25, 0.3) is 0 Å². The topological polar surface area (TPSA) is 69.6 Å². The molecule has 2 N–H and O–H groups in total. The van der Waals surface area contributed by atoms with Crippen molar-refractivity contribution in [1.82, 2.24) is 20.2 Å². The Morgan fingerprint density at radius 1 is 1.05 bits per heavy atom. The molecule has 1 heterocycles. The fourth-order valence-corrected chi connectivity index (χ4v) is 3.41. The van der Waals surface area contributed by atoms with Crippen LogP contribution in [-0.4, -0.2) is 20.2 Å². The van der Waals surface area contributed by atoms with Crippen LogP contribution < -0.4 is 5.73 Å². The average Bonchev–Trinajstić information content (AvgIpc) is 2.91. The molecule has 3 rings (SSSR count). The van der Waals surface area contributed by atoms with Gasteiger partial charge in [0, 0.05) is 20.2 Å². The van der Waals surface area contributed by atoms with Crippen molar-refractivity contribution in [2.75, 3.05) is 5.73 Å². The Balaban J connectivity index is 2.25. The zero-order valence-electron chi connectivity index (χ0n) is 11.1. The van der Waals surface area contributed by atoms with E-state index in [9.17, 15) is 0 Å². The summed E-state index contributed by atoms with van der Waals surface area (Å²) in [6.07, 6.45) is 0. The molecule has 0 unspecified atom stereocenters. The van der Waals surface area contributed by atoms with E-state index in [0.29, 0.717) is 11.5 Å². The number of nitrogens with zero attached hydrogens (tertiary/aromatic N) is 4. The van der Waals surface area contributed by atoms with Crippen LogP contribution >= 0.6 is 31.9 Å². The van der Waals surface area contributed by atoms with Crippen molar-refractivity contribution in [2.24, 2.45) is 0 Å². The Kier molecular flexibility index (Phi) is 3.77. The maximum absolute atomic E-state index is 6.16. The normalized spacial score (nSPS) is 10.8. The fraction of sp³-hybridized carbons (Fsp3) is 0.0714. The van der Waals surface area contributed by atoms with Gasteiger partial charge in [0.15, 0.2) is 5.82 Å². The largest absolute Gasteiger partial charge is 0.398 e. The molecule has 3 aromatic rings. The minimum atomic E-state index is 0.601. The molecular formula is C14H11Br2N5. The van der Waals surface area contributed by atoms with Crippen LogP contribution in [0, 0.1) is 6.92 Å². The lowest BCUT2D eigenvalue weighted by molar-refractivity contribution is 0.786. The molecule has 2 aromatic carbocycles. The molecule has 0 amide bonds. The van der Waals surface area contributed by atoms with Gasteiger partial charge < -0.3 is 5.73 Å². The third-order valence-electron chi connectivity index (χ3n) is 3.18. The van der Waals surface area contributed by atoms with Crippen LogP contribution in [-0.2, 0) is 0 Å². The van der Waals surface area contributed by atoms with E-state index >= 15 is 0 Å². The van der Waals surface area contributed by atoms with E-state index in [1.807, 2.05) is 43.3 Å². The van der Waals surface area contributed by atoms with Gasteiger partial charge in [-0.25, -0.2) is 0 Å². The Bertz CT molecular complexity index is 793. The van der Waals surface area contributed by atoms with Crippen LogP contribution in [0.25, 0.3) is 17.1 Å². The SMILES string of the molecule is Cc1cccc(-c2nnnn2-c2c(Br)cccc2Br)c1N. The number of tetrazole rings is 1. The van der Waals surface area contributed by atoms with Crippen molar-refractivity contribution in [3.05, 3.63) is 50.9 Å². The minimum Gasteiger partial charge on any atom is -0.398 e. The lowest BCUT2D eigenvalue weighted by Crippen LogP contribution is -2.04. The summed E-state index contributed by atoms with van der Waals surface area (Å²) < 4.78 is 3.44. The van der Waals surface area contributed by atoms with Crippen molar-refractivity contribution >= 4 is 37.5 Å². The summed E-state index contributed by atoms with van der Waals surface area (Å²) in [5.74, 6) is 0.601. The van der Waals surface area contributed by atoms with E-state index in [2.05, 4.69) is 47.4 Å². The quantitative estimate of drug-likeness (QED) is 0.655. The van der Waals surface area contributed by atoms with E-state index < -0.39 is 0 Å². The molecule has 0 aliphatic rings. The summed E-state index contributed by atoms with van der Waals surface area (Å²) in [6, 6.07) is 11.6. The van der Waals surface area contributed by atoms with Crippen molar-refractivity contribution < 1.29 is 0 Å². The molecule has 0 saturated heterocycles. The summed E-state index contributed by atoms with van der Waals surface area (Å²) in [6.45, 7) is 1.96. The number of hydrogen-bond acceptors (Lipinski definition) is 4. The zero-order chi connectivity index (χ0) is 15.0. The Labute approximate surface area is 138 Å². The van der Waals surface area contributed by atoms with Gasteiger partial charge in [0.2, 0.25) is 0 Å². The molecule has 0 saturated carbocycles. The highest BCUT2D eigenvalue weighted by molar-refractivity contribution is 9.11. The van der Waals surface area contributed by atoms with Gasteiger partial charge in [0.1, 0.15) is 0 Å². The summed E-state index contributed by atoms with van der Waals surface area (Å²) in [5, 5.41) is 12.0. The van der Waals surface area contributed by atoms with Gasteiger partial charge in [-0.3, -0.25) is 0 Å². The molecular weight excluding hydrogens is 398 g/mol. The van der Waals surface area contributed by atoms with Crippen LogP contribution in [0.4, 0.5) is 5.69 Å². The van der Waals surface area contributed by atoms with Crippen LogP contribution in [0.5, 0.6) is 0 Å². The Morgan fingerprint density at radius 2 is 1.71 bits per heavy atom. The van der Waals surface area contributed by atoms with E-state index in [4.69, 9.17) is 5.73 Å². The van der Waals surface area contributed by atoms with Crippen molar-refractivity contribution in [1.29, 1.82) is 0 Å². The third-order valence-corrected chi connectivity index (χ3v) is 4.46. The number of nitrogens with two attached hydrogens (primary N) is 1. The molecule has 0 atom stereocenters. The first-order valence-corrected chi connectivity index (χ1v) is 7.76. The highest BCUT2D eigenvalue weighted by Gasteiger charge is 2.17. The first-order valence-electron chi connectivity index (χ1n) is 6.18. The number of para-hydroxylation sites is 2. The summed E-state index contributed by atoms with van der Waals surface area (Å²) in [5.41, 5.74) is 9.48. The minimum absolute atomic E-state index is 0.601. The standard InChI is InChI=1S/C14H11Br2N5/c1-8-4-2-5-9(12(8)17)14-18-19-20-21(14)13-10(15)6-3-7-11(13)16/h2-7H,17H2,1H3. The molecule has 5 nitrogen and oxygen atoms in total. The number of nitrogen functional groups attached to an aromatic ring is 1. The number of aryl methyl sites for hydroxylation is 1. The van der Waals surface area contributed by atoms with Crippen LogP contribution in [0.1, 0.15) is 5.56 Å². The van der Waals surface area contributed by atoms with Gasteiger partial charge in [-0.2, -0.15) is 4.68 Å².